The lowest BCUT2D eigenvalue weighted by Crippen LogP contribution is -2.44. The third kappa shape index (κ3) is 5.44. The van der Waals surface area contributed by atoms with E-state index in [0.29, 0.717) is 23.6 Å². The maximum absolute atomic E-state index is 12.5. The molecular weight excluding hydrogens is 478 g/mol. The fourth-order valence-electron chi connectivity index (χ4n) is 6.09. The van der Waals surface area contributed by atoms with Crippen LogP contribution in [0.15, 0.2) is 35.4 Å². The van der Waals surface area contributed by atoms with Gasteiger partial charge >= 0.3 is 0 Å². The SMILES string of the molecule is COc1cc(-c2c[nH]c(=O)c3cnc(C4CC4)cc23)cc(O)c1CN1CCC(CCN2CCNCC2)CC1. The number of phenols is 1. The molecule has 0 bridgehead atoms. The van der Waals surface area contributed by atoms with E-state index in [0.717, 1.165) is 72.7 Å². The van der Waals surface area contributed by atoms with Gasteiger partial charge < -0.3 is 25.0 Å². The lowest BCUT2D eigenvalue weighted by atomic mass is 9.92. The number of nitrogens with zero attached hydrogens (tertiary/aromatic N) is 3. The molecule has 8 heteroatoms. The van der Waals surface area contributed by atoms with Crippen LogP contribution in [-0.2, 0) is 6.54 Å². The minimum Gasteiger partial charge on any atom is -0.507 e. The minimum atomic E-state index is -0.150. The Kier molecular flexibility index (Phi) is 7.37. The summed E-state index contributed by atoms with van der Waals surface area (Å²) in [5.74, 6) is 2.18. The zero-order valence-corrected chi connectivity index (χ0v) is 22.3. The summed E-state index contributed by atoms with van der Waals surface area (Å²) in [4.78, 5) is 24.9. The highest BCUT2D eigenvalue weighted by Crippen LogP contribution is 2.41. The Morgan fingerprint density at radius 1 is 1.03 bits per heavy atom. The number of piperidine rings is 1. The molecule has 4 heterocycles. The molecule has 202 valence electrons. The lowest BCUT2D eigenvalue weighted by molar-refractivity contribution is 0.152. The second-order valence-corrected chi connectivity index (χ2v) is 11.2. The van der Waals surface area contributed by atoms with Gasteiger partial charge in [0.2, 0.25) is 0 Å². The van der Waals surface area contributed by atoms with Crippen LogP contribution in [0.4, 0.5) is 0 Å². The largest absolute Gasteiger partial charge is 0.507 e. The second kappa shape index (κ2) is 11.0. The molecule has 1 aromatic carbocycles. The van der Waals surface area contributed by atoms with E-state index < -0.39 is 0 Å². The number of phenolic OH excluding ortho intramolecular Hbond substituents is 1. The standard InChI is InChI=1S/C30H39N5O3/c1-38-29-15-22(24-17-33-30(37)25-18-32-27(16-23(24)25)21-2-3-21)14-28(36)26(29)19-35-10-5-20(6-11-35)4-9-34-12-7-31-8-13-34/h14-18,20-21,31,36H,2-13,19H2,1H3,(H,33,37). The van der Waals surface area contributed by atoms with Crippen LogP contribution in [-0.4, -0.2) is 77.8 Å². The van der Waals surface area contributed by atoms with E-state index in [1.165, 1.54) is 38.9 Å². The first-order valence-corrected chi connectivity index (χ1v) is 14.2. The number of methoxy groups -OCH3 is 1. The Morgan fingerprint density at radius 2 is 1.82 bits per heavy atom. The molecule has 3 fully saturated rings. The van der Waals surface area contributed by atoms with Crippen molar-refractivity contribution in [3.8, 4) is 22.6 Å². The number of likely N-dealkylation sites (tertiary alicyclic amines) is 1. The molecule has 1 saturated carbocycles. The summed E-state index contributed by atoms with van der Waals surface area (Å²) in [7, 11) is 1.66. The molecule has 3 aromatic rings. The lowest BCUT2D eigenvalue weighted by Gasteiger charge is -2.34. The molecule has 0 amide bonds. The van der Waals surface area contributed by atoms with Crippen LogP contribution >= 0.6 is 0 Å². The van der Waals surface area contributed by atoms with Gasteiger partial charge in [-0.15, -0.1) is 0 Å². The van der Waals surface area contributed by atoms with E-state index in [1.807, 2.05) is 18.2 Å². The number of piperazine rings is 1. The van der Waals surface area contributed by atoms with Gasteiger partial charge in [0.1, 0.15) is 11.5 Å². The summed E-state index contributed by atoms with van der Waals surface area (Å²) < 4.78 is 5.78. The summed E-state index contributed by atoms with van der Waals surface area (Å²) in [5.41, 5.74) is 3.40. The molecule has 2 aliphatic heterocycles. The first kappa shape index (κ1) is 25.3. The van der Waals surface area contributed by atoms with Crippen molar-refractivity contribution in [1.82, 2.24) is 25.1 Å². The topological polar surface area (TPSA) is 93.7 Å². The number of benzene rings is 1. The Hall–Kier alpha value is -2.94. The molecule has 3 N–H and O–H groups in total. The average molecular weight is 518 g/mol. The van der Waals surface area contributed by atoms with Crippen molar-refractivity contribution in [2.45, 2.75) is 44.6 Å². The number of hydrogen-bond acceptors (Lipinski definition) is 7. The molecule has 38 heavy (non-hydrogen) atoms. The summed E-state index contributed by atoms with van der Waals surface area (Å²) in [5, 5.41) is 16.0. The van der Waals surface area contributed by atoms with Crippen molar-refractivity contribution in [1.29, 1.82) is 0 Å². The number of aromatic amines is 1. The summed E-state index contributed by atoms with van der Waals surface area (Å²) in [6.45, 7) is 8.51. The van der Waals surface area contributed by atoms with E-state index >= 15 is 0 Å². The predicted octanol–water partition coefficient (Wildman–Crippen LogP) is 3.69. The Balaban J connectivity index is 1.17. The molecular formula is C30H39N5O3. The molecule has 2 aromatic heterocycles. The van der Waals surface area contributed by atoms with Crippen molar-refractivity contribution in [3.63, 3.8) is 0 Å². The molecule has 0 atom stereocenters. The molecule has 2 saturated heterocycles. The van der Waals surface area contributed by atoms with Crippen LogP contribution in [0, 0.1) is 5.92 Å². The smallest absolute Gasteiger partial charge is 0.257 e. The molecule has 0 unspecified atom stereocenters. The Morgan fingerprint density at radius 3 is 2.55 bits per heavy atom. The van der Waals surface area contributed by atoms with Crippen LogP contribution in [0.5, 0.6) is 11.5 Å². The Labute approximate surface area is 224 Å². The van der Waals surface area contributed by atoms with Crippen LogP contribution in [0.3, 0.4) is 0 Å². The zero-order chi connectivity index (χ0) is 26.1. The first-order chi connectivity index (χ1) is 18.6. The highest BCUT2D eigenvalue weighted by molar-refractivity contribution is 5.96. The van der Waals surface area contributed by atoms with Crippen molar-refractivity contribution >= 4 is 10.8 Å². The van der Waals surface area contributed by atoms with Crippen molar-refractivity contribution in [3.05, 3.63) is 52.2 Å². The molecule has 6 rings (SSSR count). The molecule has 0 radical (unpaired) electrons. The van der Waals surface area contributed by atoms with Crippen molar-refractivity contribution in [2.75, 3.05) is 52.9 Å². The van der Waals surface area contributed by atoms with E-state index in [4.69, 9.17) is 4.74 Å². The second-order valence-electron chi connectivity index (χ2n) is 11.2. The normalized spacial score (nSPS) is 19.7. The zero-order valence-electron chi connectivity index (χ0n) is 22.3. The number of ether oxygens (including phenoxy) is 1. The van der Waals surface area contributed by atoms with Gasteiger partial charge in [-0.3, -0.25) is 14.7 Å². The van der Waals surface area contributed by atoms with Gasteiger partial charge in [-0.25, -0.2) is 0 Å². The van der Waals surface area contributed by atoms with E-state index in [9.17, 15) is 9.90 Å². The highest BCUT2D eigenvalue weighted by atomic mass is 16.5. The maximum atomic E-state index is 12.5. The highest BCUT2D eigenvalue weighted by Gasteiger charge is 2.26. The van der Waals surface area contributed by atoms with Gasteiger partial charge in [0.25, 0.3) is 5.56 Å². The van der Waals surface area contributed by atoms with Crippen LogP contribution in [0.1, 0.15) is 49.3 Å². The van der Waals surface area contributed by atoms with Crippen LogP contribution in [0.2, 0.25) is 0 Å². The fraction of sp³-hybridized carbons (Fsp3) is 0.533. The third-order valence-corrected chi connectivity index (χ3v) is 8.67. The van der Waals surface area contributed by atoms with Crippen molar-refractivity contribution in [2.24, 2.45) is 5.92 Å². The van der Waals surface area contributed by atoms with Gasteiger partial charge in [-0.05, 0) is 86.8 Å². The summed E-state index contributed by atoms with van der Waals surface area (Å²) in [6, 6.07) is 5.84. The van der Waals surface area contributed by atoms with E-state index in [1.54, 1.807) is 19.5 Å². The van der Waals surface area contributed by atoms with E-state index in [2.05, 4.69) is 25.1 Å². The fourth-order valence-corrected chi connectivity index (χ4v) is 6.09. The third-order valence-electron chi connectivity index (χ3n) is 8.67. The van der Waals surface area contributed by atoms with Gasteiger partial charge in [0.05, 0.1) is 12.5 Å². The number of pyridine rings is 2. The summed E-state index contributed by atoms with van der Waals surface area (Å²) >= 11 is 0. The van der Waals surface area contributed by atoms with Gasteiger partial charge in [-0.1, -0.05) is 0 Å². The number of H-pyrrole nitrogens is 1. The number of nitrogens with one attached hydrogen (secondary N) is 2. The summed E-state index contributed by atoms with van der Waals surface area (Å²) in [6.07, 6.45) is 9.40. The quantitative estimate of drug-likeness (QED) is 0.420. The molecule has 0 spiro atoms. The minimum absolute atomic E-state index is 0.150. The Bertz CT molecular complexity index is 1340. The molecule has 3 aliphatic rings. The van der Waals surface area contributed by atoms with Gasteiger partial charge in [0, 0.05) is 67.9 Å². The first-order valence-electron chi connectivity index (χ1n) is 14.2. The van der Waals surface area contributed by atoms with Crippen molar-refractivity contribution < 1.29 is 9.84 Å². The number of rotatable bonds is 8. The average Bonchev–Trinajstić information content (AvgIpc) is 3.80. The molecule has 1 aliphatic carbocycles. The number of aromatic nitrogens is 2. The number of aromatic hydroxyl groups is 1. The maximum Gasteiger partial charge on any atom is 0.257 e. The number of hydrogen-bond donors (Lipinski definition) is 3. The number of fused-ring (bicyclic) bond motifs is 1. The van der Waals surface area contributed by atoms with E-state index in [-0.39, 0.29) is 11.3 Å². The monoisotopic (exact) mass is 517 g/mol. The van der Waals surface area contributed by atoms with Crippen LogP contribution in [0.25, 0.3) is 21.9 Å². The predicted molar refractivity (Wildman–Crippen MR) is 150 cm³/mol. The van der Waals surface area contributed by atoms with Crippen LogP contribution < -0.4 is 15.6 Å². The molecule has 8 nitrogen and oxygen atoms in total. The van der Waals surface area contributed by atoms with Gasteiger partial charge in [0.15, 0.2) is 0 Å². The van der Waals surface area contributed by atoms with Gasteiger partial charge in [-0.2, -0.15) is 0 Å².